The summed E-state index contributed by atoms with van der Waals surface area (Å²) in [6, 6.07) is 0. The zero-order valence-electron chi connectivity index (χ0n) is 13.4. The highest BCUT2D eigenvalue weighted by molar-refractivity contribution is 7.88. The van der Waals surface area contributed by atoms with Gasteiger partial charge in [-0.25, -0.2) is 13.4 Å². The van der Waals surface area contributed by atoms with Crippen molar-refractivity contribution in [2.45, 2.75) is 5.60 Å². The van der Waals surface area contributed by atoms with Gasteiger partial charge in [0.1, 0.15) is 11.3 Å². The molecule has 132 valence electrons. The lowest BCUT2D eigenvalue weighted by atomic mass is 10.0. The minimum atomic E-state index is -3.37. The van der Waals surface area contributed by atoms with Gasteiger partial charge in [0.25, 0.3) is 5.91 Å². The normalized spacial score (nSPS) is 26.3. The minimum Gasteiger partial charge on any atom is -0.377 e. The zero-order valence-corrected chi connectivity index (χ0v) is 14.2. The summed E-state index contributed by atoms with van der Waals surface area (Å²) in [6.45, 7) is 1.95. The van der Waals surface area contributed by atoms with E-state index in [0.717, 1.165) is 6.26 Å². The first-order valence-electron chi connectivity index (χ1n) is 7.62. The maximum absolute atomic E-state index is 12.6. The molecule has 0 N–H and O–H groups in total. The Bertz CT molecular complexity index is 698. The average molecular weight is 356 g/mol. The van der Waals surface area contributed by atoms with Crippen LogP contribution >= 0.6 is 0 Å². The number of hydrogen-bond acceptors (Lipinski definition) is 7. The first-order chi connectivity index (χ1) is 11.4. The van der Waals surface area contributed by atoms with Crippen molar-refractivity contribution in [1.29, 1.82) is 0 Å². The molecule has 0 bridgehead atoms. The number of aromatic nitrogens is 2. The van der Waals surface area contributed by atoms with Gasteiger partial charge in [-0.3, -0.25) is 9.78 Å². The van der Waals surface area contributed by atoms with E-state index in [1.54, 1.807) is 4.90 Å². The van der Waals surface area contributed by atoms with Crippen LogP contribution < -0.4 is 0 Å². The molecule has 0 aliphatic carbocycles. The molecule has 1 amide bonds. The van der Waals surface area contributed by atoms with E-state index in [1.165, 1.54) is 22.9 Å². The summed E-state index contributed by atoms with van der Waals surface area (Å²) in [4.78, 5) is 22.1. The number of nitrogens with zero attached hydrogens (tertiary/aromatic N) is 4. The molecule has 24 heavy (non-hydrogen) atoms. The number of amides is 1. The highest BCUT2D eigenvalue weighted by atomic mass is 32.2. The smallest absolute Gasteiger partial charge is 0.274 e. The van der Waals surface area contributed by atoms with E-state index in [1.807, 2.05) is 0 Å². The molecular weight excluding hydrogens is 336 g/mol. The fourth-order valence-electron chi connectivity index (χ4n) is 2.93. The fraction of sp³-hybridized carbons (Fsp3) is 0.643. The average Bonchev–Trinajstić information content (AvgIpc) is 2.77. The molecule has 10 heteroatoms. The van der Waals surface area contributed by atoms with Crippen molar-refractivity contribution in [1.82, 2.24) is 19.2 Å². The lowest BCUT2D eigenvalue weighted by molar-refractivity contribution is -0.129. The summed E-state index contributed by atoms with van der Waals surface area (Å²) < 4.78 is 36.6. The Morgan fingerprint density at radius 3 is 2.79 bits per heavy atom. The second-order valence-electron chi connectivity index (χ2n) is 6.00. The van der Waals surface area contributed by atoms with Crippen molar-refractivity contribution < 1.29 is 22.7 Å². The summed E-state index contributed by atoms with van der Waals surface area (Å²) in [5.41, 5.74) is -0.612. The van der Waals surface area contributed by atoms with Gasteiger partial charge >= 0.3 is 0 Å². The van der Waals surface area contributed by atoms with E-state index >= 15 is 0 Å². The molecule has 1 unspecified atom stereocenters. The molecule has 0 saturated carbocycles. The van der Waals surface area contributed by atoms with Crippen LogP contribution in [0.2, 0.25) is 0 Å². The van der Waals surface area contributed by atoms with E-state index in [2.05, 4.69) is 9.97 Å². The van der Waals surface area contributed by atoms with Crippen LogP contribution in [0.1, 0.15) is 10.5 Å². The summed E-state index contributed by atoms with van der Waals surface area (Å²) in [6.07, 6.45) is 5.54. The van der Waals surface area contributed by atoms with Crippen molar-refractivity contribution in [2.75, 3.05) is 52.3 Å². The molecule has 9 nitrogen and oxygen atoms in total. The number of rotatable bonds is 2. The monoisotopic (exact) mass is 356 g/mol. The molecular formula is C14H20N4O5S. The number of sulfonamides is 1. The van der Waals surface area contributed by atoms with Gasteiger partial charge in [-0.05, 0) is 0 Å². The van der Waals surface area contributed by atoms with Crippen molar-refractivity contribution in [3.05, 3.63) is 24.3 Å². The van der Waals surface area contributed by atoms with Gasteiger partial charge in [-0.1, -0.05) is 0 Å². The predicted molar refractivity (Wildman–Crippen MR) is 83.9 cm³/mol. The van der Waals surface area contributed by atoms with E-state index < -0.39 is 15.6 Å². The molecule has 3 heterocycles. The van der Waals surface area contributed by atoms with Gasteiger partial charge in [-0.15, -0.1) is 0 Å². The van der Waals surface area contributed by atoms with Gasteiger partial charge in [0.2, 0.25) is 10.0 Å². The highest BCUT2D eigenvalue weighted by Crippen LogP contribution is 2.24. The summed E-state index contributed by atoms with van der Waals surface area (Å²) in [5.74, 6) is -0.249. The van der Waals surface area contributed by atoms with Crippen molar-refractivity contribution in [3.8, 4) is 0 Å². The maximum atomic E-state index is 12.6. The standard InChI is InChI=1S/C14H20N4O5S/c1-24(20,21)18-5-6-22-11-14(10-18)9-17(4-7-23-14)13(19)12-8-15-2-3-16-12/h2-3,8H,4-7,9-11H2,1H3. The molecule has 1 spiro atoms. The molecule has 3 rings (SSSR count). The molecule has 1 aromatic rings. The number of ether oxygens (including phenoxy) is 2. The molecule has 0 aromatic carbocycles. The predicted octanol–water partition coefficient (Wildman–Crippen LogP) is -1.02. The Morgan fingerprint density at radius 2 is 2.08 bits per heavy atom. The Balaban J connectivity index is 1.79. The molecule has 1 atom stereocenters. The molecule has 2 fully saturated rings. The molecule has 2 saturated heterocycles. The van der Waals surface area contributed by atoms with Crippen LogP contribution in [0, 0.1) is 0 Å². The van der Waals surface area contributed by atoms with E-state index in [4.69, 9.17) is 9.47 Å². The zero-order chi connectivity index (χ0) is 17.2. The highest BCUT2D eigenvalue weighted by Gasteiger charge is 2.43. The van der Waals surface area contributed by atoms with Crippen LogP contribution in [0.15, 0.2) is 18.6 Å². The SMILES string of the molecule is CS(=O)(=O)N1CCOCC2(CN(C(=O)c3cnccn3)CCO2)C1. The van der Waals surface area contributed by atoms with Gasteiger partial charge in [0.15, 0.2) is 0 Å². The molecule has 1 aromatic heterocycles. The van der Waals surface area contributed by atoms with Crippen LogP contribution in [-0.4, -0.2) is 91.4 Å². The topological polar surface area (TPSA) is 102 Å². The Hall–Kier alpha value is -1.62. The minimum absolute atomic E-state index is 0.163. The van der Waals surface area contributed by atoms with Crippen molar-refractivity contribution in [3.63, 3.8) is 0 Å². The van der Waals surface area contributed by atoms with Crippen LogP contribution in [0.4, 0.5) is 0 Å². The third kappa shape index (κ3) is 3.72. The van der Waals surface area contributed by atoms with Crippen LogP contribution in [0.5, 0.6) is 0 Å². The lowest BCUT2D eigenvalue weighted by Crippen LogP contribution is -2.60. The van der Waals surface area contributed by atoms with Gasteiger partial charge < -0.3 is 14.4 Å². The second kappa shape index (κ2) is 6.71. The molecule has 0 radical (unpaired) electrons. The Morgan fingerprint density at radius 1 is 1.25 bits per heavy atom. The Kier molecular flexibility index (Phi) is 4.81. The van der Waals surface area contributed by atoms with E-state index in [0.29, 0.717) is 19.8 Å². The summed E-state index contributed by atoms with van der Waals surface area (Å²) >= 11 is 0. The van der Waals surface area contributed by atoms with Crippen LogP contribution in [0.3, 0.4) is 0 Å². The third-order valence-corrected chi connectivity index (χ3v) is 5.35. The second-order valence-corrected chi connectivity index (χ2v) is 7.98. The van der Waals surface area contributed by atoms with Crippen molar-refractivity contribution >= 4 is 15.9 Å². The maximum Gasteiger partial charge on any atom is 0.274 e. The molecule has 2 aliphatic rings. The van der Waals surface area contributed by atoms with Gasteiger partial charge in [-0.2, -0.15) is 4.31 Å². The number of carbonyl (C=O) groups is 1. The van der Waals surface area contributed by atoms with Gasteiger partial charge in [0, 0.05) is 32.0 Å². The van der Waals surface area contributed by atoms with E-state index in [-0.39, 0.29) is 37.8 Å². The number of morpholine rings is 1. The number of carbonyl (C=O) groups excluding carboxylic acids is 1. The van der Waals surface area contributed by atoms with Crippen LogP contribution in [-0.2, 0) is 19.5 Å². The number of hydrogen-bond donors (Lipinski definition) is 0. The third-order valence-electron chi connectivity index (χ3n) is 4.10. The summed E-state index contributed by atoms with van der Waals surface area (Å²) in [7, 11) is -3.37. The first-order valence-corrected chi connectivity index (χ1v) is 9.47. The summed E-state index contributed by atoms with van der Waals surface area (Å²) in [5, 5.41) is 0. The Labute approximate surface area is 140 Å². The lowest BCUT2D eigenvalue weighted by Gasteiger charge is -2.42. The van der Waals surface area contributed by atoms with Gasteiger partial charge in [0.05, 0.1) is 38.8 Å². The quantitative estimate of drug-likeness (QED) is 0.668. The largest absolute Gasteiger partial charge is 0.377 e. The first kappa shape index (κ1) is 17.2. The van der Waals surface area contributed by atoms with Crippen LogP contribution in [0.25, 0.3) is 0 Å². The van der Waals surface area contributed by atoms with E-state index in [9.17, 15) is 13.2 Å². The van der Waals surface area contributed by atoms with Crippen molar-refractivity contribution in [2.24, 2.45) is 0 Å². The molecule has 2 aliphatic heterocycles. The fourth-order valence-corrected chi connectivity index (χ4v) is 3.80.